The summed E-state index contributed by atoms with van der Waals surface area (Å²) in [4.78, 5) is 0. The summed E-state index contributed by atoms with van der Waals surface area (Å²) in [7, 11) is 0. The molecule has 1 unspecified atom stereocenters. The first-order valence-corrected chi connectivity index (χ1v) is 4.58. The van der Waals surface area contributed by atoms with E-state index in [0.717, 1.165) is 6.42 Å². The van der Waals surface area contributed by atoms with Gasteiger partial charge in [-0.25, -0.2) is 0 Å². The van der Waals surface area contributed by atoms with Gasteiger partial charge in [-0.2, -0.15) is 0 Å². The molecular formula is C11H19N. The van der Waals surface area contributed by atoms with Crippen molar-refractivity contribution < 1.29 is 0 Å². The fraction of sp³-hybridized carbons (Fsp3) is 0.636. The molecule has 1 rings (SSSR count). The molecule has 0 amide bonds. The molecule has 1 nitrogen and oxygen atoms in total. The van der Waals surface area contributed by atoms with Crippen molar-refractivity contribution in [2.24, 2.45) is 11.1 Å². The van der Waals surface area contributed by atoms with Gasteiger partial charge in [0.1, 0.15) is 0 Å². The third-order valence-corrected chi connectivity index (χ3v) is 2.99. The van der Waals surface area contributed by atoms with E-state index < -0.39 is 0 Å². The molecule has 0 bridgehead atoms. The Hall–Kier alpha value is -0.560. The van der Waals surface area contributed by atoms with Crippen LogP contribution in [0.15, 0.2) is 23.8 Å². The van der Waals surface area contributed by atoms with Crippen molar-refractivity contribution >= 4 is 0 Å². The molecule has 0 aromatic heterocycles. The van der Waals surface area contributed by atoms with Crippen LogP contribution in [0.4, 0.5) is 0 Å². The maximum atomic E-state index is 5.96. The number of hydrogen-bond acceptors (Lipinski definition) is 1. The lowest BCUT2D eigenvalue weighted by atomic mass is 9.71. The van der Waals surface area contributed by atoms with E-state index in [0.29, 0.717) is 0 Å². The molecule has 0 aliphatic heterocycles. The van der Waals surface area contributed by atoms with Gasteiger partial charge < -0.3 is 5.73 Å². The van der Waals surface area contributed by atoms with Crippen molar-refractivity contribution in [3.05, 3.63) is 23.8 Å². The lowest BCUT2D eigenvalue weighted by Gasteiger charge is -2.35. The summed E-state index contributed by atoms with van der Waals surface area (Å²) in [6, 6.07) is 0.256. The first-order valence-electron chi connectivity index (χ1n) is 4.58. The van der Waals surface area contributed by atoms with Gasteiger partial charge in [0, 0.05) is 6.04 Å². The Labute approximate surface area is 75.3 Å². The monoisotopic (exact) mass is 165 g/mol. The second-order valence-corrected chi connectivity index (χ2v) is 4.33. The van der Waals surface area contributed by atoms with Crippen LogP contribution in [0.25, 0.3) is 0 Å². The Bertz CT molecular complexity index is 223. The zero-order chi connectivity index (χ0) is 9.35. The van der Waals surface area contributed by atoms with Gasteiger partial charge in [-0.1, -0.05) is 32.1 Å². The fourth-order valence-electron chi connectivity index (χ4n) is 2.04. The number of allylic oxidation sites excluding steroid dienone is 2. The SMILES string of the molecule is C=CC1=C(C)C(N)CCC1(C)C. The van der Waals surface area contributed by atoms with Crippen LogP contribution < -0.4 is 5.73 Å². The second kappa shape index (κ2) is 3.06. The minimum Gasteiger partial charge on any atom is -0.324 e. The smallest absolute Gasteiger partial charge is 0.0257 e. The molecule has 0 radical (unpaired) electrons. The number of nitrogens with two attached hydrogens (primary N) is 1. The van der Waals surface area contributed by atoms with E-state index in [-0.39, 0.29) is 11.5 Å². The lowest BCUT2D eigenvalue weighted by Crippen LogP contribution is -2.32. The topological polar surface area (TPSA) is 26.0 Å². The largest absolute Gasteiger partial charge is 0.324 e. The molecule has 1 aliphatic carbocycles. The summed E-state index contributed by atoms with van der Waals surface area (Å²) in [6.45, 7) is 10.5. The molecule has 2 N–H and O–H groups in total. The maximum Gasteiger partial charge on any atom is 0.0257 e. The highest BCUT2D eigenvalue weighted by atomic mass is 14.6. The molecule has 0 aromatic carbocycles. The van der Waals surface area contributed by atoms with Crippen molar-refractivity contribution in [2.45, 2.75) is 39.7 Å². The normalized spacial score (nSPS) is 28.8. The van der Waals surface area contributed by atoms with Crippen molar-refractivity contribution in [3.63, 3.8) is 0 Å². The fourth-order valence-corrected chi connectivity index (χ4v) is 2.04. The van der Waals surface area contributed by atoms with Crippen molar-refractivity contribution in [3.8, 4) is 0 Å². The Balaban J connectivity index is 3.09. The minimum absolute atomic E-state index is 0.256. The highest BCUT2D eigenvalue weighted by Crippen LogP contribution is 2.39. The molecular weight excluding hydrogens is 146 g/mol. The van der Waals surface area contributed by atoms with Gasteiger partial charge in [0.15, 0.2) is 0 Å². The predicted octanol–water partition coefficient (Wildman–Crippen LogP) is 2.64. The minimum atomic E-state index is 0.256. The van der Waals surface area contributed by atoms with E-state index in [9.17, 15) is 0 Å². The van der Waals surface area contributed by atoms with Gasteiger partial charge in [-0.3, -0.25) is 0 Å². The molecule has 0 aromatic rings. The summed E-state index contributed by atoms with van der Waals surface area (Å²) >= 11 is 0. The number of hydrogen-bond donors (Lipinski definition) is 1. The summed E-state index contributed by atoms with van der Waals surface area (Å²) in [6.07, 6.45) is 4.25. The first-order chi connectivity index (χ1) is 5.49. The second-order valence-electron chi connectivity index (χ2n) is 4.33. The standard InChI is InChI=1S/C11H19N/c1-5-9-8(2)10(12)6-7-11(9,3)4/h5,10H,1,6-7,12H2,2-4H3. The van der Waals surface area contributed by atoms with Crippen molar-refractivity contribution in [2.75, 3.05) is 0 Å². The van der Waals surface area contributed by atoms with Gasteiger partial charge in [0.2, 0.25) is 0 Å². The molecule has 1 heteroatoms. The van der Waals surface area contributed by atoms with Crippen LogP contribution in [0.5, 0.6) is 0 Å². The van der Waals surface area contributed by atoms with Gasteiger partial charge in [-0.15, -0.1) is 0 Å². The average molecular weight is 165 g/mol. The molecule has 1 atom stereocenters. The predicted molar refractivity (Wildman–Crippen MR) is 53.9 cm³/mol. The van der Waals surface area contributed by atoms with E-state index >= 15 is 0 Å². The third kappa shape index (κ3) is 1.46. The van der Waals surface area contributed by atoms with Crippen LogP contribution >= 0.6 is 0 Å². The maximum absolute atomic E-state index is 5.96. The first kappa shape index (κ1) is 9.53. The quantitative estimate of drug-likeness (QED) is 0.635. The van der Waals surface area contributed by atoms with Crippen LogP contribution in [0.2, 0.25) is 0 Å². The van der Waals surface area contributed by atoms with Gasteiger partial charge in [-0.05, 0) is 30.8 Å². The Kier molecular flexibility index (Phi) is 2.43. The Morgan fingerprint density at radius 2 is 2.17 bits per heavy atom. The van der Waals surface area contributed by atoms with Crippen LogP contribution in [-0.2, 0) is 0 Å². The van der Waals surface area contributed by atoms with Crippen LogP contribution in [-0.4, -0.2) is 6.04 Å². The summed E-state index contributed by atoms with van der Waals surface area (Å²) in [5, 5.41) is 0. The van der Waals surface area contributed by atoms with E-state index in [2.05, 4.69) is 27.4 Å². The number of rotatable bonds is 1. The molecule has 0 saturated carbocycles. The van der Waals surface area contributed by atoms with E-state index in [1.165, 1.54) is 17.6 Å². The molecule has 1 aliphatic rings. The summed E-state index contributed by atoms with van der Waals surface area (Å²) in [5.74, 6) is 0. The summed E-state index contributed by atoms with van der Waals surface area (Å²) in [5.41, 5.74) is 8.91. The van der Waals surface area contributed by atoms with E-state index in [1.54, 1.807) is 0 Å². The molecule has 12 heavy (non-hydrogen) atoms. The van der Waals surface area contributed by atoms with Crippen molar-refractivity contribution in [1.82, 2.24) is 0 Å². The van der Waals surface area contributed by atoms with Crippen LogP contribution in [0.3, 0.4) is 0 Å². The highest BCUT2D eigenvalue weighted by Gasteiger charge is 2.29. The lowest BCUT2D eigenvalue weighted by molar-refractivity contribution is 0.360. The molecule has 0 fully saturated rings. The van der Waals surface area contributed by atoms with E-state index in [1.807, 2.05) is 6.08 Å². The average Bonchev–Trinajstić information content (AvgIpc) is 1.99. The van der Waals surface area contributed by atoms with E-state index in [4.69, 9.17) is 5.73 Å². The van der Waals surface area contributed by atoms with Gasteiger partial charge >= 0.3 is 0 Å². The molecule has 0 heterocycles. The zero-order valence-corrected chi connectivity index (χ0v) is 8.35. The zero-order valence-electron chi connectivity index (χ0n) is 8.35. The molecule has 0 spiro atoms. The van der Waals surface area contributed by atoms with Crippen molar-refractivity contribution in [1.29, 1.82) is 0 Å². The van der Waals surface area contributed by atoms with Crippen LogP contribution in [0, 0.1) is 5.41 Å². The van der Waals surface area contributed by atoms with Gasteiger partial charge in [0.25, 0.3) is 0 Å². The molecule has 0 saturated heterocycles. The van der Waals surface area contributed by atoms with Gasteiger partial charge in [0.05, 0.1) is 0 Å². The third-order valence-electron chi connectivity index (χ3n) is 2.99. The molecule has 68 valence electrons. The highest BCUT2D eigenvalue weighted by molar-refractivity contribution is 5.34. The van der Waals surface area contributed by atoms with Crippen LogP contribution in [0.1, 0.15) is 33.6 Å². The Morgan fingerprint density at radius 3 is 2.58 bits per heavy atom. The summed E-state index contributed by atoms with van der Waals surface area (Å²) < 4.78 is 0. The Morgan fingerprint density at radius 1 is 1.58 bits per heavy atom.